The fourth-order valence-corrected chi connectivity index (χ4v) is 3.58. The van der Waals surface area contributed by atoms with Crippen LogP contribution in [0.4, 0.5) is 0 Å². The molecule has 2 heterocycles. The second kappa shape index (κ2) is 9.33. The van der Waals surface area contributed by atoms with Gasteiger partial charge in [0, 0.05) is 23.3 Å². The zero-order valence-corrected chi connectivity index (χ0v) is 16.2. The van der Waals surface area contributed by atoms with Gasteiger partial charge in [0.1, 0.15) is 5.76 Å². The quantitative estimate of drug-likeness (QED) is 0.485. The molecule has 0 radical (unpaired) electrons. The highest BCUT2D eigenvalue weighted by Gasteiger charge is 2.18. The van der Waals surface area contributed by atoms with Gasteiger partial charge in [0.15, 0.2) is 5.78 Å². The Kier molecular flexibility index (Phi) is 6.60. The number of nitrogens with zero attached hydrogens (tertiary/aromatic N) is 1. The van der Waals surface area contributed by atoms with E-state index in [1.54, 1.807) is 22.5 Å². The maximum atomic E-state index is 12.8. The molecule has 0 aliphatic heterocycles. The van der Waals surface area contributed by atoms with Crippen LogP contribution >= 0.6 is 11.3 Å². The van der Waals surface area contributed by atoms with E-state index in [0.717, 1.165) is 17.1 Å². The molecule has 27 heavy (non-hydrogen) atoms. The molecule has 0 atom stereocenters. The zero-order chi connectivity index (χ0) is 19.1. The van der Waals surface area contributed by atoms with Crippen molar-refractivity contribution in [2.75, 3.05) is 0 Å². The van der Waals surface area contributed by atoms with Crippen molar-refractivity contribution in [2.24, 2.45) is 0 Å². The summed E-state index contributed by atoms with van der Waals surface area (Å²) < 4.78 is 5.39. The van der Waals surface area contributed by atoms with E-state index in [1.807, 2.05) is 53.9 Å². The minimum absolute atomic E-state index is 0.0000697. The van der Waals surface area contributed by atoms with Crippen LogP contribution < -0.4 is 0 Å². The van der Waals surface area contributed by atoms with Crippen LogP contribution in [0.2, 0.25) is 0 Å². The maximum absolute atomic E-state index is 12.8. The highest BCUT2D eigenvalue weighted by molar-refractivity contribution is 7.09. The number of furan rings is 1. The molecule has 0 aliphatic rings. The molecule has 140 valence electrons. The zero-order valence-electron chi connectivity index (χ0n) is 15.4. The van der Waals surface area contributed by atoms with Crippen molar-refractivity contribution < 1.29 is 14.0 Å². The SMILES string of the molecule is CCc1ccc(C(=O)CCC(=O)N(Cc2ccco2)Cc2cccs2)cc1. The summed E-state index contributed by atoms with van der Waals surface area (Å²) in [6.07, 6.45) is 2.95. The Hall–Kier alpha value is -2.66. The summed E-state index contributed by atoms with van der Waals surface area (Å²) in [5, 5.41) is 1.99. The van der Waals surface area contributed by atoms with E-state index >= 15 is 0 Å². The van der Waals surface area contributed by atoms with Crippen LogP contribution in [-0.2, 0) is 24.3 Å². The number of rotatable bonds is 9. The fraction of sp³-hybridized carbons (Fsp3) is 0.273. The van der Waals surface area contributed by atoms with Crippen molar-refractivity contribution in [3.63, 3.8) is 0 Å². The smallest absolute Gasteiger partial charge is 0.223 e. The van der Waals surface area contributed by atoms with Gasteiger partial charge in [0.25, 0.3) is 0 Å². The van der Waals surface area contributed by atoms with E-state index in [2.05, 4.69) is 6.92 Å². The van der Waals surface area contributed by atoms with Crippen molar-refractivity contribution in [1.29, 1.82) is 0 Å². The lowest BCUT2D eigenvalue weighted by Crippen LogP contribution is -2.30. The third-order valence-electron chi connectivity index (χ3n) is 4.46. The minimum Gasteiger partial charge on any atom is -0.467 e. The number of ketones is 1. The molecule has 0 N–H and O–H groups in total. The van der Waals surface area contributed by atoms with Crippen molar-refractivity contribution in [3.8, 4) is 0 Å². The lowest BCUT2D eigenvalue weighted by atomic mass is 10.0. The number of thiophene rings is 1. The maximum Gasteiger partial charge on any atom is 0.223 e. The van der Waals surface area contributed by atoms with Crippen molar-refractivity contribution in [1.82, 2.24) is 4.90 Å². The van der Waals surface area contributed by atoms with E-state index in [1.165, 1.54) is 5.56 Å². The van der Waals surface area contributed by atoms with E-state index in [4.69, 9.17) is 4.42 Å². The Morgan fingerprint density at radius 1 is 1.00 bits per heavy atom. The Balaban J connectivity index is 1.61. The van der Waals surface area contributed by atoms with Crippen LogP contribution in [0.1, 0.15) is 46.3 Å². The first kappa shape index (κ1) is 19.1. The van der Waals surface area contributed by atoms with Gasteiger partial charge < -0.3 is 9.32 Å². The first-order chi connectivity index (χ1) is 13.2. The van der Waals surface area contributed by atoms with Crippen LogP contribution in [0.25, 0.3) is 0 Å². The number of hydrogen-bond acceptors (Lipinski definition) is 4. The van der Waals surface area contributed by atoms with Crippen molar-refractivity contribution in [3.05, 3.63) is 81.9 Å². The van der Waals surface area contributed by atoms with E-state index < -0.39 is 0 Å². The predicted molar refractivity (Wildman–Crippen MR) is 107 cm³/mol. The normalized spacial score (nSPS) is 10.7. The highest BCUT2D eigenvalue weighted by Crippen LogP contribution is 2.17. The molecule has 2 aromatic heterocycles. The number of Topliss-reactive ketones (excluding diaryl/α,β-unsaturated/α-hetero) is 1. The molecular formula is C22H23NO3S. The molecule has 0 saturated carbocycles. The first-order valence-corrected chi connectivity index (χ1v) is 9.98. The van der Waals surface area contributed by atoms with Crippen molar-refractivity contribution >= 4 is 23.0 Å². The lowest BCUT2D eigenvalue weighted by molar-refractivity contribution is -0.132. The van der Waals surface area contributed by atoms with Gasteiger partial charge in [-0.05, 0) is 35.6 Å². The molecule has 0 fully saturated rings. The second-order valence-electron chi connectivity index (χ2n) is 6.38. The standard InChI is InChI=1S/C22H23NO3S/c1-2-17-7-9-18(10-8-17)21(24)11-12-22(25)23(15-19-5-3-13-26-19)16-20-6-4-14-27-20/h3-10,13-14H,2,11-12,15-16H2,1H3. The summed E-state index contributed by atoms with van der Waals surface area (Å²) in [6.45, 7) is 3.01. The molecule has 1 aromatic carbocycles. The molecular weight excluding hydrogens is 358 g/mol. The minimum atomic E-state index is -0.0432. The number of carbonyl (C=O) groups excluding carboxylic acids is 2. The number of hydrogen-bond donors (Lipinski definition) is 0. The fourth-order valence-electron chi connectivity index (χ4n) is 2.86. The lowest BCUT2D eigenvalue weighted by Gasteiger charge is -2.21. The molecule has 1 amide bonds. The number of benzene rings is 1. The van der Waals surface area contributed by atoms with Gasteiger partial charge in [-0.15, -0.1) is 11.3 Å². The molecule has 0 aliphatic carbocycles. The van der Waals surface area contributed by atoms with Gasteiger partial charge in [0.05, 0.1) is 19.4 Å². The molecule has 0 bridgehead atoms. The Morgan fingerprint density at radius 2 is 1.81 bits per heavy atom. The van der Waals surface area contributed by atoms with Gasteiger partial charge in [-0.2, -0.15) is 0 Å². The topological polar surface area (TPSA) is 50.5 Å². The highest BCUT2D eigenvalue weighted by atomic mass is 32.1. The van der Waals surface area contributed by atoms with Gasteiger partial charge >= 0.3 is 0 Å². The van der Waals surface area contributed by atoms with Crippen LogP contribution in [0.15, 0.2) is 64.6 Å². The van der Waals surface area contributed by atoms with Crippen LogP contribution in [0.3, 0.4) is 0 Å². The van der Waals surface area contributed by atoms with Crippen LogP contribution in [0.5, 0.6) is 0 Å². The first-order valence-electron chi connectivity index (χ1n) is 9.10. The number of carbonyl (C=O) groups is 2. The summed E-state index contributed by atoms with van der Waals surface area (Å²) in [4.78, 5) is 28.0. The van der Waals surface area contributed by atoms with Crippen LogP contribution in [-0.4, -0.2) is 16.6 Å². The Labute approximate surface area is 163 Å². The van der Waals surface area contributed by atoms with Gasteiger partial charge in [0.2, 0.25) is 5.91 Å². The predicted octanol–water partition coefficient (Wildman–Crippen LogP) is 5.10. The monoisotopic (exact) mass is 381 g/mol. The Bertz CT molecular complexity index is 815. The average Bonchev–Trinajstić information content (AvgIpc) is 3.39. The molecule has 5 heteroatoms. The van der Waals surface area contributed by atoms with E-state index in [0.29, 0.717) is 18.7 Å². The van der Waals surface area contributed by atoms with Crippen LogP contribution in [0, 0.1) is 0 Å². The van der Waals surface area contributed by atoms with E-state index in [-0.39, 0.29) is 24.5 Å². The van der Waals surface area contributed by atoms with Gasteiger partial charge in [-0.1, -0.05) is 37.3 Å². The molecule has 0 spiro atoms. The third-order valence-corrected chi connectivity index (χ3v) is 5.32. The molecule has 0 saturated heterocycles. The largest absolute Gasteiger partial charge is 0.467 e. The summed E-state index contributed by atoms with van der Waals surface area (Å²) in [5.41, 5.74) is 1.86. The van der Waals surface area contributed by atoms with Crippen molar-refractivity contribution in [2.45, 2.75) is 39.3 Å². The molecule has 3 aromatic rings. The van der Waals surface area contributed by atoms with E-state index in [9.17, 15) is 9.59 Å². The summed E-state index contributed by atoms with van der Waals surface area (Å²) in [5.74, 6) is 0.694. The summed E-state index contributed by atoms with van der Waals surface area (Å²) in [7, 11) is 0. The summed E-state index contributed by atoms with van der Waals surface area (Å²) in [6, 6.07) is 15.3. The third kappa shape index (κ3) is 5.41. The average molecular weight is 381 g/mol. The number of amides is 1. The van der Waals surface area contributed by atoms with Gasteiger partial charge in [-0.3, -0.25) is 9.59 Å². The molecule has 0 unspecified atom stereocenters. The molecule has 3 rings (SSSR count). The number of aryl methyl sites for hydroxylation is 1. The molecule has 4 nitrogen and oxygen atoms in total. The van der Waals surface area contributed by atoms with Gasteiger partial charge in [-0.25, -0.2) is 0 Å². The summed E-state index contributed by atoms with van der Waals surface area (Å²) >= 11 is 1.61. The Morgan fingerprint density at radius 3 is 2.44 bits per heavy atom. The second-order valence-corrected chi connectivity index (χ2v) is 7.41.